The van der Waals surface area contributed by atoms with E-state index in [-0.39, 0.29) is 12.0 Å². The Bertz CT molecular complexity index is 253. The van der Waals surface area contributed by atoms with Crippen LogP contribution < -0.4 is 0 Å². The number of aliphatic hydroxyl groups is 1. The van der Waals surface area contributed by atoms with Crippen molar-refractivity contribution in [1.82, 2.24) is 0 Å². The number of aliphatic carboxylic acids is 1. The summed E-state index contributed by atoms with van der Waals surface area (Å²) >= 11 is 0. The van der Waals surface area contributed by atoms with Gasteiger partial charge in [-0.2, -0.15) is 0 Å². The van der Waals surface area contributed by atoms with Gasteiger partial charge in [0.15, 0.2) is 0 Å². The monoisotopic (exact) mass is 284 g/mol. The summed E-state index contributed by atoms with van der Waals surface area (Å²) in [5.74, 6) is -0.934. The fourth-order valence-corrected chi connectivity index (χ4v) is 3.11. The molecule has 1 aliphatic rings. The summed E-state index contributed by atoms with van der Waals surface area (Å²) in [7, 11) is 0. The SMILES string of the molecule is O=C(O)C1CCCCCCCCCCCCC(O)CC1. The molecule has 2 atom stereocenters. The normalized spacial score (nSPS) is 28.9. The average molecular weight is 284 g/mol. The van der Waals surface area contributed by atoms with Crippen LogP contribution in [0, 0.1) is 5.92 Å². The fourth-order valence-electron chi connectivity index (χ4n) is 3.11. The van der Waals surface area contributed by atoms with Gasteiger partial charge in [0.25, 0.3) is 0 Å². The number of aliphatic hydroxyl groups excluding tert-OH is 1. The second kappa shape index (κ2) is 11.1. The van der Waals surface area contributed by atoms with Gasteiger partial charge in [-0.1, -0.05) is 64.2 Å². The van der Waals surface area contributed by atoms with Gasteiger partial charge in [-0.15, -0.1) is 0 Å². The molecule has 0 aromatic carbocycles. The molecule has 2 unspecified atom stereocenters. The lowest BCUT2D eigenvalue weighted by Gasteiger charge is -2.16. The predicted molar refractivity (Wildman–Crippen MR) is 81.8 cm³/mol. The Morgan fingerprint density at radius 1 is 0.650 bits per heavy atom. The van der Waals surface area contributed by atoms with Gasteiger partial charge in [0.05, 0.1) is 12.0 Å². The first-order chi connectivity index (χ1) is 9.70. The molecule has 20 heavy (non-hydrogen) atoms. The molecule has 3 heteroatoms. The highest BCUT2D eigenvalue weighted by Crippen LogP contribution is 2.21. The maximum absolute atomic E-state index is 11.2. The van der Waals surface area contributed by atoms with Gasteiger partial charge < -0.3 is 10.2 Å². The van der Waals surface area contributed by atoms with Crippen molar-refractivity contribution in [2.24, 2.45) is 5.92 Å². The summed E-state index contributed by atoms with van der Waals surface area (Å²) in [6.45, 7) is 0. The third kappa shape index (κ3) is 8.57. The lowest BCUT2D eigenvalue weighted by Crippen LogP contribution is -2.17. The molecular weight excluding hydrogens is 252 g/mol. The Kier molecular flexibility index (Phi) is 9.73. The Hall–Kier alpha value is -0.570. The average Bonchev–Trinajstić information content (AvgIpc) is 2.41. The second-order valence-electron chi connectivity index (χ2n) is 6.38. The lowest BCUT2D eigenvalue weighted by atomic mass is 9.93. The molecule has 0 radical (unpaired) electrons. The molecule has 1 rings (SSSR count). The van der Waals surface area contributed by atoms with E-state index in [9.17, 15) is 15.0 Å². The van der Waals surface area contributed by atoms with Gasteiger partial charge in [-0.25, -0.2) is 0 Å². The third-order valence-electron chi connectivity index (χ3n) is 4.54. The topological polar surface area (TPSA) is 57.5 Å². The van der Waals surface area contributed by atoms with Crippen molar-refractivity contribution >= 4 is 5.97 Å². The van der Waals surface area contributed by atoms with Crippen molar-refractivity contribution in [3.63, 3.8) is 0 Å². The molecule has 3 nitrogen and oxygen atoms in total. The Morgan fingerprint density at radius 2 is 1.10 bits per heavy atom. The van der Waals surface area contributed by atoms with Crippen LogP contribution in [0.25, 0.3) is 0 Å². The first kappa shape index (κ1) is 17.5. The van der Waals surface area contributed by atoms with E-state index in [4.69, 9.17) is 0 Å². The minimum Gasteiger partial charge on any atom is -0.481 e. The number of carboxylic acids is 1. The van der Waals surface area contributed by atoms with Crippen molar-refractivity contribution in [3.8, 4) is 0 Å². The quantitative estimate of drug-likeness (QED) is 0.744. The van der Waals surface area contributed by atoms with Crippen molar-refractivity contribution in [3.05, 3.63) is 0 Å². The summed E-state index contributed by atoms with van der Waals surface area (Å²) < 4.78 is 0. The fraction of sp³-hybridized carbons (Fsp3) is 0.941. The van der Waals surface area contributed by atoms with Crippen LogP contribution in [-0.2, 0) is 4.79 Å². The van der Waals surface area contributed by atoms with Crippen LogP contribution in [0.2, 0.25) is 0 Å². The summed E-state index contributed by atoms with van der Waals surface area (Å²) in [5, 5.41) is 19.2. The summed E-state index contributed by atoms with van der Waals surface area (Å²) in [6, 6.07) is 0. The number of hydrogen-bond acceptors (Lipinski definition) is 2. The molecule has 0 spiro atoms. The molecular formula is C17H32O3. The molecule has 1 aliphatic carbocycles. The maximum atomic E-state index is 11.2. The van der Waals surface area contributed by atoms with Crippen molar-refractivity contribution < 1.29 is 15.0 Å². The van der Waals surface area contributed by atoms with Crippen LogP contribution >= 0.6 is 0 Å². The van der Waals surface area contributed by atoms with E-state index in [0.29, 0.717) is 12.8 Å². The first-order valence-corrected chi connectivity index (χ1v) is 8.61. The Labute approximate surface area is 123 Å². The van der Waals surface area contributed by atoms with Gasteiger partial charge in [-0.3, -0.25) is 4.79 Å². The standard InChI is InChI=1S/C17H32O3/c18-16-12-10-8-6-4-2-1-3-5-7-9-11-15(13-14-16)17(19)20/h15-16,18H,1-14H2,(H,19,20). The van der Waals surface area contributed by atoms with Gasteiger partial charge in [0, 0.05) is 0 Å². The minimum absolute atomic E-state index is 0.252. The number of carbonyl (C=O) groups is 1. The predicted octanol–water partition coefficient (Wildman–Crippen LogP) is 4.52. The van der Waals surface area contributed by atoms with E-state index in [1.807, 2.05) is 0 Å². The zero-order valence-electron chi connectivity index (χ0n) is 12.9. The number of rotatable bonds is 1. The molecule has 1 saturated carbocycles. The Balaban J connectivity index is 2.34. The van der Waals surface area contributed by atoms with Crippen molar-refractivity contribution in [2.45, 2.75) is 96.0 Å². The van der Waals surface area contributed by atoms with Gasteiger partial charge >= 0.3 is 5.97 Å². The summed E-state index contributed by atoms with van der Waals surface area (Å²) in [4.78, 5) is 11.2. The molecule has 0 bridgehead atoms. The molecule has 0 heterocycles. The van der Waals surface area contributed by atoms with Crippen LogP contribution in [-0.4, -0.2) is 22.3 Å². The molecule has 0 aliphatic heterocycles. The minimum atomic E-state index is -0.682. The molecule has 0 aromatic rings. The van der Waals surface area contributed by atoms with Crippen LogP contribution in [0.3, 0.4) is 0 Å². The summed E-state index contributed by atoms with van der Waals surface area (Å²) in [5.41, 5.74) is 0. The Morgan fingerprint density at radius 3 is 1.60 bits per heavy atom. The zero-order valence-corrected chi connectivity index (χ0v) is 12.9. The van der Waals surface area contributed by atoms with Gasteiger partial charge in [-0.05, 0) is 25.7 Å². The van der Waals surface area contributed by atoms with Crippen LogP contribution in [0.1, 0.15) is 89.9 Å². The highest BCUT2D eigenvalue weighted by molar-refractivity contribution is 5.69. The van der Waals surface area contributed by atoms with E-state index in [1.54, 1.807) is 0 Å². The van der Waals surface area contributed by atoms with E-state index < -0.39 is 5.97 Å². The number of hydrogen-bond donors (Lipinski definition) is 2. The maximum Gasteiger partial charge on any atom is 0.306 e. The van der Waals surface area contributed by atoms with Crippen LogP contribution in [0.4, 0.5) is 0 Å². The first-order valence-electron chi connectivity index (χ1n) is 8.61. The van der Waals surface area contributed by atoms with Gasteiger partial charge in [0.1, 0.15) is 0 Å². The summed E-state index contributed by atoms with van der Waals surface area (Å²) in [6.07, 6.45) is 14.9. The molecule has 0 amide bonds. The van der Waals surface area contributed by atoms with E-state index in [1.165, 1.54) is 44.9 Å². The molecule has 0 saturated heterocycles. The highest BCUT2D eigenvalue weighted by atomic mass is 16.4. The van der Waals surface area contributed by atoms with Crippen LogP contribution in [0.15, 0.2) is 0 Å². The smallest absolute Gasteiger partial charge is 0.306 e. The highest BCUT2D eigenvalue weighted by Gasteiger charge is 2.18. The van der Waals surface area contributed by atoms with E-state index in [2.05, 4.69) is 0 Å². The van der Waals surface area contributed by atoms with E-state index >= 15 is 0 Å². The van der Waals surface area contributed by atoms with Crippen LogP contribution in [0.5, 0.6) is 0 Å². The van der Waals surface area contributed by atoms with Crippen molar-refractivity contribution in [1.29, 1.82) is 0 Å². The molecule has 1 fully saturated rings. The zero-order chi connectivity index (χ0) is 14.6. The molecule has 0 aromatic heterocycles. The molecule has 2 N–H and O–H groups in total. The van der Waals surface area contributed by atoms with Gasteiger partial charge in [0.2, 0.25) is 0 Å². The second-order valence-corrected chi connectivity index (χ2v) is 6.38. The number of carboxylic acid groups (broad SMARTS) is 1. The van der Waals surface area contributed by atoms with E-state index in [0.717, 1.165) is 32.1 Å². The lowest BCUT2D eigenvalue weighted by molar-refractivity contribution is -0.142. The largest absolute Gasteiger partial charge is 0.481 e. The molecule has 118 valence electrons. The third-order valence-corrected chi connectivity index (χ3v) is 4.54. The van der Waals surface area contributed by atoms with Crippen molar-refractivity contribution in [2.75, 3.05) is 0 Å².